The fourth-order valence-electron chi connectivity index (χ4n) is 4.42. The van der Waals surface area contributed by atoms with Crippen molar-refractivity contribution in [3.05, 3.63) is 94.1 Å². The van der Waals surface area contributed by atoms with Crippen LogP contribution in [0, 0.1) is 13.8 Å². The molecule has 1 unspecified atom stereocenters. The molecule has 36 heavy (non-hydrogen) atoms. The zero-order valence-electron chi connectivity index (χ0n) is 21.0. The number of amides is 1. The van der Waals surface area contributed by atoms with Gasteiger partial charge in [-0.15, -0.1) is 0 Å². The molecule has 0 bridgehead atoms. The third kappa shape index (κ3) is 4.52. The van der Waals surface area contributed by atoms with E-state index in [1.807, 2.05) is 38.1 Å². The van der Waals surface area contributed by atoms with Crippen LogP contribution in [-0.2, 0) is 16.1 Å². The quantitative estimate of drug-likeness (QED) is 0.288. The van der Waals surface area contributed by atoms with Crippen LogP contribution in [0.4, 0.5) is 0 Å². The van der Waals surface area contributed by atoms with Gasteiger partial charge in [0.2, 0.25) is 0 Å². The second-order valence-corrected chi connectivity index (χ2v) is 8.69. The highest BCUT2D eigenvalue weighted by Gasteiger charge is 2.46. The van der Waals surface area contributed by atoms with Gasteiger partial charge in [-0.1, -0.05) is 30.3 Å². The summed E-state index contributed by atoms with van der Waals surface area (Å²) in [5.74, 6) is 0.0125. The highest BCUT2D eigenvalue weighted by atomic mass is 16.5. The Bertz CT molecular complexity index is 1360. The highest BCUT2D eigenvalue weighted by molar-refractivity contribution is 6.46. The SMILES string of the molecule is COc1cccc(C2/C(=C(/O)c3ccc(C)c(C)c3)C(=O)C(=O)N2Cc2ccc(OC)c(OC)c2)c1. The minimum atomic E-state index is -0.810. The van der Waals surface area contributed by atoms with Gasteiger partial charge in [-0.05, 0) is 66.4 Å². The number of carbonyl (C=O) groups is 2. The van der Waals surface area contributed by atoms with E-state index in [4.69, 9.17) is 14.2 Å². The third-order valence-electron chi connectivity index (χ3n) is 6.53. The van der Waals surface area contributed by atoms with E-state index >= 15 is 0 Å². The van der Waals surface area contributed by atoms with Crippen LogP contribution >= 0.6 is 0 Å². The Morgan fingerprint density at radius 1 is 0.861 bits per heavy atom. The smallest absolute Gasteiger partial charge is 0.295 e. The maximum atomic E-state index is 13.3. The maximum absolute atomic E-state index is 13.3. The summed E-state index contributed by atoms with van der Waals surface area (Å²) in [7, 11) is 4.63. The number of methoxy groups -OCH3 is 3. The number of benzene rings is 3. The van der Waals surface area contributed by atoms with Crippen LogP contribution in [0.15, 0.2) is 66.2 Å². The molecule has 0 aromatic heterocycles. The Kier molecular flexibility index (Phi) is 7.01. The van der Waals surface area contributed by atoms with Crippen LogP contribution in [0.5, 0.6) is 17.2 Å². The molecule has 1 N–H and O–H groups in total. The van der Waals surface area contributed by atoms with E-state index in [1.165, 1.54) is 12.0 Å². The van der Waals surface area contributed by atoms with Crippen molar-refractivity contribution in [3.63, 3.8) is 0 Å². The Morgan fingerprint density at radius 3 is 2.28 bits per heavy atom. The summed E-state index contributed by atoms with van der Waals surface area (Å²) in [4.78, 5) is 28.1. The van der Waals surface area contributed by atoms with Gasteiger partial charge in [-0.25, -0.2) is 0 Å². The van der Waals surface area contributed by atoms with E-state index in [9.17, 15) is 14.7 Å². The third-order valence-corrected chi connectivity index (χ3v) is 6.53. The summed E-state index contributed by atoms with van der Waals surface area (Å²) in [5.41, 5.74) is 3.95. The number of nitrogens with zero attached hydrogens (tertiary/aromatic N) is 1. The van der Waals surface area contributed by atoms with Gasteiger partial charge in [-0.2, -0.15) is 0 Å². The molecule has 0 spiro atoms. The lowest BCUT2D eigenvalue weighted by atomic mass is 9.94. The van der Waals surface area contributed by atoms with Crippen molar-refractivity contribution in [2.24, 2.45) is 0 Å². The highest BCUT2D eigenvalue weighted by Crippen LogP contribution is 2.41. The van der Waals surface area contributed by atoms with E-state index in [1.54, 1.807) is 50.6 Å². The van der Waals surface area contributed by atoms with Crippen molar-refractivity contribution in [2.75, 3.05) is 21.3 Å². The summed E-state index contributed by atoms with van der Waals surface area (Å²) in [6, 6.07) is 17.1. The van der Waals surface area contributed by atoms with E-state index in [0.717, 1.165) is 16.7 Å². The van der Waals surface area contributed by atoms with Crippen LogP contribution < -0.4 is 14.2 Å². The summed E-state index contributed by atoms with van der Waals surface area (Å²) in [6.07, 6.45) is 0. The molecule has 3 aromatic carbocycles. The average Bonchev–Trinajstić information content (AvgIpc) is 3.14. The minimum absolute atomic E-state index is 0.0389. The first-order valence-corrected chi connectivity index (χ1v) is 11.5. The number of aryl methyl sites for hydroxylation is 2. The van der Waals surface area contributed by atoms with Crippen LogP contribution in [0.2, 0.25) is 0 Å². The number of ketones is 1. The molecule has 0 radical (unpaired) electrons. The Balaban J connectivity index is 1.86. The van der Waals surface area contributed by atoms with Crippen molar-refractivity contribution < 1.29 is 28.9 Å². The number of hydrogen-bond acceptors (Lipinski definition) is 6. The largest absolute Gasteiger partial charge is 0.507 e. The second-order valence-electron chi connectivity index (χ2n) is 8.69. The van der Waals surface area contributed by atoms with Crippen molar-refractivity contribution in [2.45, 2.75) is 26.4 Å². The molecule has 3 aromatic rings. The monoisotopic (exact) mass is 487 g/mol. The van der Waals surface area contributed by atoms with E-state index in [0.29, 0.717) is 28.4 Å². The van der Waals surface area contributed by atoms with E-state index in [-0.39, 0.29) is 17.9 Å². The average molecular weight is 488 g/mol. The molecule has 1 amide bonds. The Labute approximate surface area is 210 Å². The van der Waals surface area contributed by atoms with Gasteiger partial charge in [0.1, 0.15) is 11.5 Å². The number of carbonyl (C=O) groups excluding carboxylic acids is 2. The summed E-state index contributed by atoms with van der Waals surface area (Å²) < 4.78 is 16.1. The minimum Gasteiger partial charge on any atom is -0.507 e. The molecule has 1 atom stereocenters. The number of ether oxygens (including phenoxy) is 3. The van der Waals surface area contributed by atoms with E-state index < -0.39 is 17.7 Å². The molecular formula is C29H29NO6. The molecule has 0 aliphatic carbocycles. The van der Waals surface area contributed by atoms with E-state index in [2.05, 4.69) is 0 Å². The van der Waals surface area contributed by atoms with Crippen molar-refractivity contribution in [1.82, 2.24) is 4.90 Å². The first-order chi connectivity index (χ1) is 17.3. The Hall–Kier alpha value is -4.26. The number of hydrogen-bond donors (Lipinski definition) is 1. The molecule has 186 valence electrons. The van der Waals surface area contributed by atoms with Crippen molar-refractivity contribution >= 4 is 17.4 Å². The molecule has 4 rings (SSSR count). The molecule has 1 aliphatic rings. The van der Waals surface area contributed by atoms with Gasteiger partial charge in [0.25, 0.3) is 11.7 Å². The molecule has 0 saturated carbocycles. The fourth-order valence-corrected chi connectivity index (χ4v) is 4.42. The van der Waals surface area contributed by atoms with Gasteiger partial charge < -0.3 is 24.2 Å². The second kappa shape index (κ2) is 10.2. The van der Waals surface area contributed by atoms with Crippen LogP contribution in [0.3, 0.4) is 0 Å². The number of Topliss-reactive ketones (excluding diaryl/α,β-unsaturated/α-hetero) is 1. The first kappa shape index (κ1) is 24.9. The number of aliphatic hydroxyl groups excluding tert-OH is 1. The van der Waals surface area contributed by atoms with Crippen molar-refractivity contribution in [1.29, 1.82) is 0 Å². The molecular weight excluding hydrogens is 458 g/mol. The van der Waals surface area contributed by atoms with Crippen LogP contribution in [-0.4, -0.2) is 43.0 Å². The standard InChI is InChI=1S/C29H29NO6/c1-17-9-11-21(13-18(17)2)27(31)25-26(20-7-6-8-22(15-20)34-3)30(29(33)28(25)32)16-19-10-12-23(35-4)24(14-19)36-5/h6-15,26,31H,16H2,1-5H3/b27-25-. The maximum Gasteiger partial charge on any atom is 0.295 e. The van der Waals surface area contributed by atoms with Gasteiger partial charge in [0, 0.05) is 12.1 Å². The number of likely N-dealkylation sites (tertiary alicyclic amines) is 1. The lowest BCUT2D eigenvalue weighted by Gasteiger charge is -2.26. The normalized spacial score (nSPS) is 16.8. The van der Waals surface area contributed by atoms with Crippen molar-refractivity contribution in [3.8, 4) is 17.2 Å². The van der Waals surface area contributed by atoms with Gasteiger partial charge in [-0.3, -0.25) is 9.59 Å². The topological polar surface area (TPSA) is 85.3 Å². The molecule has 1 aliphatic heterocycles. The summed E-state index contributed by atoms with van der Waals surface area (Å²) in [5, 5.41) is 11.3. The molecule has 7 heteroatoms. The zero-order chi connectivity index (χ0) is 26.0. The molecule has 1 saturated heterocycles. The van der Waals surface area contributed by atoms with Gasteiger partial charge in [0.05, 0.1) is 32.9 Å². The number of aliphatic hydroxyl groups is 1. The van der Waals surface area contributed by atoms with Gasteiger partial charge in [0.15, 0.2) is 11.5 Å². The molecule has 1 heterocycles. The fraction of sp³-hybridized carbons (Fsp3) is 0.241. The molecule has 1 fully saturated rings. The predicted molar refractivity (Wildman–Crippen MR) is 136 cm³/mol. The summed E-state index contributed by atoms with van der Waals surface area (Å²) in [6.45, 7) is 4.02. The lowest BCUT2D eigenvalue weighted by molar-refractivity contribution is -0.140. The predicted octanol–water partition coefficient (Wildman–Crippen LogP) is 4.95. The lowest BCUT2D eigenvalue weighted by Crippen LogP contribution is -2.29. The van der Waals surface area contributed by atoms with Crippen LogP contribution in [0.1, 0.15) is 33.9 Å². The Morgan fingerprint density at radius 2 is 1.61 bits per heavy atom. The summed E-state index contributed by atoms with van der Waals surface area (Å²) >= 11 is 0. The first-order valence-electron chi connectivity index (χ1n) is 11.5. The number of rotatable bonds is 7. The molecule has 7 nitrogen and oxygen atoms in total. The van der Waals surface area contributed by atoms with Gasteiger partial charge >= 0.3 is 0 Å². The zero-order valence-corrected chi connectivity index (χ0v) is 21.0. The van der Waals surface area contributed by atoms with Crippen LogP contribution in [0.25, 0.3) is 5.76 Å².